The summed E-state index contributed by atoms with van der Waals surface area (Å²) in [6.07, 6.45) is 4.00. The van der Waals surface area contributed by atoms with E-state index in [0.29, 0.717) is 18.7 Å². The van der Waals surface area contributed by atoms with Gasteiger partial charge in [0.2, 0.25) is 17.7 Å². The molecule has 0 aliphatic rings. The minimum atomic E-state index is -1.24. The van der Waals surface area contributed by atoms with Gasteiger partial charge in [-0.25, -0.2) is 9.78 Å². The summed E-state index contributed by atoms with van der Waals surface area (Å²) in [6.45, 7) is 4.05. The molecular formula is C27H41N9O5. The van der Waals surface area contributed by atoms with Crippen LogP contribution in [0.3, 0.4) is 0 Å². The first-order valence-electron chi connectivity index (χ1n) is 13.4. The van der Waals surface area contributed by atoms with Gasteiger partial charge in [0.25, 0.3) is 0 Å². The third kappa shape index (κ3) is 12.1. The maximum Gasteiger partial charge on any atom is 0.326 e. The highest BCUT2D eigenvalue weighted by Crippen LogP contribution is 2.10. The van der Waals surface area contributed by atoms with Gasteiger partial charge in [0.15, 0.2) is 5.96 Å². The lowest BCUT2D eigenvalue weighted by atomic mass is 10.00. The lowest BCUT2D eigenvalue weighted by molar-refractivity contribution is -0.142. The monoisotopic (exact) mass is 571 g/mol. The maximum absolute atomic E-state index is 13.5. The molecule has 0 radical (unpaired) electrons. The molecule has 4 atom stereocenters. The number of H-pyrrole nitrogens is 1. The largest absolute Gasteiger partial charge is 0.480 e. The zero-order valence-corrected chi connectivity index (χ0v) is 23.4. The number of rotatable bonds is 17. The van der Waals surface area contributed by atoms with E-state index in [4.69, 9.17) is 17.2 Å². The number of guanidine groups is 1. The Kier molecular flexibility index (Phi) is 13.3. The fourth-order valence-electron chi connectivity index (χ4n) is 4.05. The molecule has 0 aliphatic heterocycles. The summed E-state index contributed by atoms with van der Waals surface area (Å²) in [7, 11) is 0. The number of aliphatic carboxylic acids is 1. The van der Waals surface area contributed by atoms with Gasteiger partial charge in [-0.15, -0.1) is 0 Å². The molecule has 1 aromatic heterocycles. The predicted molar refractivity (Wildman–Crippen MR) is 153 cm³/mol. The van der Waals surface area contributed by atoms with Crippen molar-refractivity contribution >= 4 is 29.7 Å². The van der Waals surface area contributed by atoms with E-state index in [0.717, 1.165) is 5.56 Å². The van der Waals surface area contributed by atoms with Crippen LogP contribution in [0.25, 0.3) is 0 Å². The summed E-state index contributed by atoms with van der Waals surface area (Å²) in [5.74, 6) is -3.09. The number of aliphatic imine (C=N–C) groups is 1. The van der Waals surface area contributed by atoms with E-state index in [1.54, 1.807) is 0 Å². The second-order valence-corrected chi connectivity index (χ2v) is 10.2. The van der Waals surface area contributed by atoms with Gasteiger partial charge in [-0.3, -0.25) is 19.4 Å². The second kappa shape index (κ2) is 16.6. The molecule has 0 aliphatic carbocycles. The normalized spacial score (nSPS) is 13.9. The van der Waals surface area contributed by atoms with E-state index in [-0.39, 0.29) is 37.6 Å². The minimum Gasteiger partial charge on any atom is -0.480 e. The number of carboxylic acid groups (broad SMARTS) is 1. The molecule has 4 unspecified atom stereocenters. The van der Waals surface area contributed by atoms with Crippen molar-refractivity contribution in [2.45, 2.75) is 70.1 Å². The van der Waals surface area contributed by atoms with Crippen LogP contribution < -0.4 is 33.2 Å². The molecule has 41 heavy (non-hydrogen) atoms. The summed E-state index contributed by atoms with van der Waals surface area (Å²) in [4.78, 5) is 62.0. The first-order chi connectivity index (χ1) is 19.5. The predicted octanol–water partition coefficient (Wildman–Crippen LogP) is -0.839. The highest BCUT2D eigenvalue weighted by Gasteiger charge is 2.31. The molecule has 1 aromatic carbocycles. The average Bonchev–Trinajstić information content (AvgIpc) is 3.43. The maximum atomic E-state index is 13.5. The molecular weight excluding hydrogens is 530 g/mol. The number of imidazole rings is 1. The van der Waals surface area contributed by atoms with Gasteiger partial charge in [-0.1, -0.05) is 44.2 Å². The molecule has 0 spiro atoms. The molecule has 14 heteroatoms. The molecule has 0 saturated carbocycles. The average molecular weight is 572 g/mol. The Balaban J connectivity index is 2.16. The van der Waals surface area contributed by atoms with E-state index in [9.17, 15) is 24.3 Å². The van der Waals surface area contributed by atoms with Crippen LogP contribution in [0.5, 0.6) is 0 Å². The SMILES string of the molecule is CC(C)CC(NC(=O)C(Cc1ccccc1)NC(=O)C(N)CCCN=C(N)N)C(=O)NC(Cc1cnc[nH]1)C(=O)O. The van der Waals surface area contributed by atoms with Crippen molar-refractivity contribution < 1.29 is 24.3 Å². The number of nitrogens with two attached hydrogens (primary N) is 3. The number of hydrogen-bond acceptors (Lipinski definition) is 7. The number of carboxylic acids is 1. The number of benzene rings is 1. The number of hydrogen-bond donors (Lipinski definition) is 8. The highest BCUT2D eigenvalue weighted by atomic mass is 16.4. The summed E-state index contributed by atoms with van der Waals surface area (Å²) < 4.78 is 0. The van der Waals surface area contributed by atoms with Gasteiger partial charge < -0.3 is 43.2 Å². The molecule has 0 saturated heterocycles. The summed E-state index contributed by atoms with van der Waals surface area (Å²) in [6, 6.07) is 4.82. The Bertz CT molecular complexity index is 1150. The summed E-state index contributed by atoms with van der Waals surface area (Å²) in [5.41, 5.74) is 18.0. The van der Waals surface area contributed by atoms with Gasteiger partial charge in [-0.2, -0.15) is 0 Å². The van der Waals surface area contributed by atoms with E-state index in [1.165, 1.54) is 12.5 Å². The number of amides is 3. The van der Waals surface area contributed by atoms with Gasteiger partial charge in [0.1, 0.15) is 18.1 Å². The Morgan fingerprint density at radius 3 is 2.17 bits per heavy atom. The van der Waals surface area contributed by atoms with Crippen molar-refractivity contribution in [1.82, 2.24) is 25.9 Å². The Morgan fingerprint density at radius 1 is 0.951 bits per heavy atom. The lowest BCUT2D eigenvalue weighted by Crippen LogP contribution is -2.58. The molecule has 14 nitrogen and oxygen atoms in total. The van der Waals surface area contributed by atoms with Crippen molar-refractivity contribution in [2.75, 3.05) is 6.54 Å². The molecule has 0 bridgehead atoms. The second-order valence-electron chi connectivity index (χ2n) is 10.2. The van der Waals surface area contributed by atoms with Crippen LogP contribution in [-0.2, 0) is 32.0 Å². The third-order valence-electron chi connectivity index (χ3n) is 6.15. The van der Waals surface area contributed by atoms with Crippen molar-refractivity contribution in [2.24, 2.45) is 28.1 Å². The van der Waals surface area contributed by atoms with Crippen molar-refractivity contribution in [1.29, 1.82) is 0 Å². The fourth-order valence-corrected chi connectivity index (χ4v) is 4.05. The topological polar surface area (TPSA) is 244 Å². The molecule has 11 N–H and O–H groups in total. The Morgan fingerprint density at radius 2 is 1.59 bits per heavy atom. The number of carbonyl (C=O) groups excluding carboxylic acids is 3. The number of aromatic nitrogens is 2. The number of aromatic amines is 1. The number of carbonyl (C=O) groups is 4. The molecule has 3 amide bonds. The van der Waals surface area contributed by atoms with E-state index < -0.39 is 47.9 Å². The van der Waals surface area contributed by atoms with Crippen LogP contribution in [0.15, 0.2) is 47.8 Å². The van der Waals surface area contributed by atoms with Crippen LogP contribution in [0.4, 0.5) is 0 Å². The number of nitrogens with zero attached hydrogens (tertiary/aromatic N) is 2. The molecule has 224 valence electrons. The van der Waals surface area contributed by atoms with Crippen LogP contribution in [0, 0.1) is 5.92 Å². The summed E-state index contributed by atoms with van der Waals surface area (Å²) in [5, 5.41) is 17.6. The number of nitrogens with one attached hydrogen (secondary N) is 4. The van der Waals surface area contributed by atoms with Crippen LogP contribution >= 0.6 is 0 Å². The van der Waals surface area contributed by atoms with Crippen molar-refractivity contribution in [3.63, 3.8) is 0 Å². The molecule has 1 heterocycles. The van der Waals surface area contributed by atoms with E-state index in [2.05, 4.69) is 30.9 Å². The van der Waals surface area contributed by atoms with Gasteiger partial charge in [-0.05, 0) is 30.7 Å². The van der Waals surface area contributed by atoms with Gasteiger partial charge in [0, 0.05) is 31.3 Å². The summed E-state index contributed by atoms with van der Waals surface area (Å²) >= 11 is 0. The smallest absolute Gasteiger partial charge is 0.326 e. The van der Waals surface area contributed by atoms with E-state index in [1.807, 2.05) is 44.2 Å². The van der Waals surface area contributed by atoms with Gasteiger partial charge >= 0.3 is 5.97 Å². The van der Waals surface area contributed by atoms with Crippen LogP contribution in [0.1, 0.15) is 44.4 Å². The van der Waals surface area contributed by atoms with Crippen LogP contribution in [-0.4, -0.2) is 75.4 Å². The van der Waals surface area contributed by atoms with Gasteiger partial charge in [0.05, 0.1) is 12.4 Å². The molecule has 0 fully saturated rings. The first kappa shape index (κ1) is 32.8. The highest BCUT2D eigenvalue weighted by molar-refractivity contribution is 5.94. The zero-order valence-electron chi connectivity index (χ0n) is 23.4. The fraction of sp³-hybridized carbons (Fsp3) is 0.481. The molecule has 2 aromatic rings. The van der Waals surface area contributed by atoms with Crippen molar-refractivity contribution in [3.8, 4) is 0 Å². The molecule has 2 rings (SSSR count). The minimum absolute atomic E-state index is 0.0114. The van der Waals surface area contributed by atoms with Crippen LogP contribution in [0.2, 0.25) is 0 Å². The standard InChI is InChI=1S/C27H41N9O5/c1-16(2)11-20(24(38)36-22(26(40)41)13-18-14-31-15-33-18)35-25(39)21(12-17-7-4-3-5-8-17)34-23(37)19(28)9-6-10-32-27(29)30/h3-5,7-8,14-16,19-22H,6,9-13,28H2,1-2H3,(H,31,33)(H,34,37)(H,35,39)(H,36,38)(H,40,41)(H4,29,30,32). The third-order valence-corrected chi connectivity index (χ3v) is 6.15. The Labute approximate surface area is 238 Å². The zero-order chi connectivity index (χ0) is 30.4. The van der Waals surface area contributed by atoms with E-state index >= 15 is 0 Å². The lowest BCUT2D eigenvalue weighted by Gasteiger charge is -2.26. The van der Waals surface area contributed by atoms with Crippen molar-refractivity contribution in [3.05, 3.63) is 54.1 Å². The Hall–Kier alpha value is -4.46. The quantitative estimate of drug-likeness (QED) is 0.0669. The first-order valence-corrected chi connectivity index (χ1v) is 13.4.